The van der Waals surface area contributed by atoms with E-state index in [1.807, 2.05) is 0 Å². The van der Waals surface area contributed by atoms with Gasteiger partial charge in [-0.15, -0.1) is 53.8 Å². The van der Waals surface area contributed by atoms with Crippen molar-refractivity contribution < 1.29 is 95.4 Å². The summed E-state index contributed by atoms with van der Waals surface area (Å²) >= 11 is 0. The van der Waals surface area contributed by atoms with Crippen LogP contribution in [0.4, 0.5) is 100 Å². The third-order valence-corrected chi connectivity index (χ3v) is 8.80. The fourth-order valence-electron chi connectivity index (χ4n) is 5.86. The molecule has 6 aromatic rings. The van der Waals surface area contributed by atoms with Crippen LogP contribution in [-0.2, 0) is 51.0 Å². The summed E-state index contributed by atoms with van der Waals surface area (Å²) in [6.45, 7) is 2.31. The van der Waals surface area contributed by atoms with Crippen molar-refractivity contribution in [1.29, 1.82) is 0 Å². The van der Waals surface area contributed by atoms with E-state index in [-0.39, 0.29) is 77.7 Å². The van der Waals surface area contributed by atoms with Crippen molar-refractivity contribution in [2.75, 3.05) is 27.1 Å². The number of pyridine rings is 3. The maximum atomic E-state index is 13.8. The second kappa shape index (κ2) is 18.1. The first-order valence-electron chi connectivity index (χ1n) is 17.8. The second-order valence-electron chi connectivity index (χ2n) is 13.4. The molecule has 0 amide bonds. The summed E-state index contributed by atoms with van der Waals surface area (Å²) in [5.41, 5.74) is -6.04. The van der Waals surface area contributed by atoms with Crippen LogP contribution in [0, 0.1) is 31.5 Å². The first kappa shape index (κ1) is 49.0. The maximum absolute atomic E-state index is 13.8. The molecule has 66 heavy (non-hydrogen) atoms. The molecule has 3 aromatic carbocycles. The zero-order valence-corrected chi connectivity index (χ0v) is 34.7. The molecule has 0 spiro atoms. The van der Waals surface area contributed by atoms with Crippen LogP contribution in [-0.4, -0.2) is 22.0 Å². The minimum absolute atomic E-state index is 0. The number of rotatable bonds is 6. The molecule has 3 aromatic heterocycles. The molecule has 0 bridgehead atoms. The average molecular weight is 1120 g/mol. The Balaban J connectivity index is 0.000000223. The molecule has 8 rings (SSSR count). The summed E-state index contributed by atoms with van der Waals surface area (Å²) in [5.74, 6) is -1.35. The van der Waals surface area contributed by atoms with Gasteiger partial charge in [0, 0.05) is 55.1 Å². The third kappa shape index (κ3) is 11.1. The second-order valence-corrected chi connectivity index (χ2v) is 13.4. The van der Waals surface area contributed by atoms with Crippen LogP contribution in [0.2, 0.25) is 0 Å². The summed E-state index contributed by atoms with van der Waals surface area (Å²) in [5, 5.41) is 2.62. The number of anilines is 6. The first-order valence-corrected chi connectivity index (χ1v) is 17.8. The SMILES string of the molecule is CN1[CH-]N(c2[c-]c(N3[CH-]Nc4ccc(C(F)(F)F)nc43)cc(C(F)(F)F)c2)c2nc(C(F)(F)F)ccc21.FC(F)(F)c1cc[c-]c(Oc2cccc(Oc3[c-]ccc(C(F)(F)F)c3)n2)c1.[Ir]. The number of benzene rings is 3. The van der Waals surface area contributed by atoms with Crippen LogP contribution in [0.15, 0.2) is 91.0 Å². The molecule has 0 atom stereocenters. The quantitative estimate of drug-likeness (QED) is 0.130. The van der Waals surface area contributed by atoms with E-state index >= 15 is 0 Å². The van der Waals surface area contributed by atoms with E-state index in [4.69, 9.17) is 9.47 Å². The largest absolute Gasteiger partial charge is 0.513 e. The molecule has 0 saturated heterocycles. The van der Waals surface area contributed by atoms with Gasteiger partial charge in [-0.2, -0.15) is 108 Å². The molecule has 0 unspecified atom stereocenters. The molecule has 25 heteroatoms. The van der Waals surface area contributed by atoms with Crippen LogP contribution in [0.25, 0.3) is 0 Å². The summed E-state index contributed by atoms with van der Waals surface area (Å²) in [7, 11) is 1.46. The Morgan fingerprint density at radius 2 is 1.03 bits per heavy atom. The van der Waals surface area contributed by atoms with E-state index in [1.165, 1.54) is 36.8 Å². The van der Waals surface area contributed by atoms with Crippen molar-refractivity contribution in [1.82, 2.24) is 15.0 Å². The number of ether oxygens (including phenoxy) is 2. The van der Waals surface area contributed by atoms with Crippen molar-refractivity contribution >= 4 is 34.4 Å². The van der Waals surface area contributed by atoms with Gasteiger partial charge in [-0.1, -0.05) is 22.8 Å². The monoisotopic (exact) mass is 1120 g/mol. The minimum atomic E-state index is -4.91. The van der Waals surface area contributed by atoms with Gasteiger partial charge >= 0.3 is 30.9 Å². The van der Waals surface area contributed by atoms with Gasteiger partial charge in [-0.25, -0.2) is 9.97 Å². The molecule has 351 valence electrons. The van der Waals surface area contributed by atoms with Crippen LogP contribution in [0.5, 0.6) is 23.3 Å². The zero-order chi connectivity index (χ0) is 47.3. The Bertz CT molecular complexity index is 2630. The van der Waals surface area contributed by atoms with Gasteiger partial charge in [-0.3, -0.25) is 0 Å². The van der Waals surface area contributed by atoms with Crippen LogP contribution < -0.4 is 29.5 Å². The summed E-state index contributed by atoms with van der Waals surface area (Å²) in [4.78, 5) is 14.3. The molecule has 2 aliphatic heterocycles. The van der Waals surface area contributed by atoms with E-state index in [9.17, 15) is 65.9 Å². The molecule has 5 heterocycles. The maximum Gasteiger partial charge on any atom is 0.433 e. The van der Waals surface area contributed by atoms with Gasteiger partial charge in [0.05, 0.1) is 0 Å². The number of fused-ring (bicyclic) bond motifs is 2. The van der Waals surface area contributed by atoms with Crippen molar-refractivity contribution in [2.45, 2.75) is 30.9 Å². The fourth-order valence-corrected chi connectivity index (χ4v) is 5.86. The fraction of sp³-hybridized carbons (Fsp3) is 0.146. The standard InChI is InChI=1S/C22H12F9N6.C19H9F6NO2.Ir/c1-35-10-37(19-15(35)3-5-17(34-19)22(29,30)31)13-7-11(20(23,24)25)6-12(8-13)36-9-32-14-2-4-16(21(26,27)28)33-18(14)36;20-18(21,22)12-4-1-6-14(10-12)27-16-8-3-9-17(26-16)28-15-7-2-5-13(11-15)19(23,24)25;/h2-7,9-10,32H,1H3;1-5,8-11H;/q-3;-2;. The summed E-state index contributed by atoms with van der Waals surface area (Å²) in [6, 6.07) is 21.9. The molecule has 0 aliphatic carbocycles. The number of hydrogen-bond donors (Lipinski definition) is 1. The Morgan fingerprint density at radius 3 is 1.53 bits per heavy atom. The Morgan fingerprint density at radius 1 is 0.545 bits per heavy atom. The van der Waals surface area contributed by atoms with Gasteiger partial charge < -0.3 is 29.5 Å². The van der Waals surface area contributed by atoms with E-state index in [0.717, 1.165) is 71.1 Å². The summed E-state index contributed by atoms with van der Waals surface area (Å²) < 4.78 is 208. The number of hydrogen-bond acceptors (Lipinski definition) is 9. The van der Waals surface area contributed by atoms with E-state index in [1.54, 1.807) is 0 Å². The molecule has 9 nitrogen and oxygen atoms in total. The van der Waals surface area contributed by atoms with Gasteiger partial charge in [-0.05, 0) is 31.3 Å². The van der Waals surface area contributed by atoms with Crippen molar-refractivity contribution in [3.8, 4) is 23.3 Å². The molecule has 1 N–H and O–H groups in total. The van der Waals surface area contributed by atoms with E-state index < -0.39 is 59.0 Å². The molecule has 1 radical (unpaired) electrons. The number of halogens is 15. The van der Waals surface area contributed by atoms with Crippen molar-refractivity contribution in [3.63, 3.8) is 0 Å². The first-order chi connectivity index (χ1) is 30.2. The van der Waals surface area contributed by atoms with E-state index in [0.29, 0.717) is 18.2 Å². The van der Waals surface area contributed by atoms with Crippen molar-refractivity contribution in [3.05, 3.63) is 151 Å². The number of alkyl halides is 15. The van der Waals surface area contributed by atoms with Crippen LogP contribution in [0.1, 0.15) is 28.1 Å². The Kier molecular flexibility index (Phi) is 13.4. The number of nitrogens with one attached hydrogen (secondary N) is 1. The molecule has 0 fully saturated rings. The predicted molar refractivity (Wildman–Crippen MR) is 199 cm³/mol. The van der Waals surface area contributed by atoms with Gasteiger partial charge in [0.25, 0.3) is 0 Å². The Hall–Kier alpha value is -6.49. The topological polar surface area (TPSA) is 78.9 Å². The molecule has 0 saturated carbocycles. The minimum Gasteiger partial charge on any atom is -0.513 e. The average Bonchev–Trinajstić information content (AvgIpc) is 3.80. The van der Waals surface area contributed by atoms with Crippen molar-refractivity contribution in [2.24, 2.45) is 0 Å². The third-order valence-electron chi connectivity index (χ3n) is 8.80. The van der Waals surface area contributed by atoms with Crippen LogP contribution in [0.3, 0.4) is 0 Å². The van der Waals surface area contributed by atoms with Gasteiger partial charge in [0.15, 0.2) is 0 Å². The van der Waals surface area contributed by atoms with Gasteiger partial charge in [0.2, 0.25) is 11.8 Å². The molecular weight excluding hydrogens is 1100 g/mol. The number of aromatic nitrogens is 3. The normalized spacial score (nSPS) is 13.8. The summed E-state index contributed by atoms with van der Waals surface area (Å²) in [6.07, 6.45) is -23.6. The Labute approximate surface area is 375 Å². The van der Waals surface area contributed by atoms with E-state index in [2.05, 4.69) is 38.5 Å². The van der Waals surface area contributed by atoms with Crippen LogP contribution >= 0.6 is 0 Å². The number of nitrogens with zero attached hydrogens (tertiary/aromatic N) is 6. The zero-order valence-electron chi connectivity index (χ0n) is 32.3. The predicted octanol–water partition coefficient (Wildman–Crippen LogP) is 13.0. The smallest absolute Gasteiger partial charge is 0.433 e. The molecule has 2 aliphatic rings. The van der Waals surface area contributed by atoms with Gasteiger partial charge in [0.1, 0.15) is 23.0 Å². The molecular formula is C41H21F15IrN7O2-5.